The van der Waals surface area contributed by atoms with Crippen LogP contribution in [0.1, 0.15) is 23.0 Å². The van der Waals surface area contributed by atoms with Crippen molar-refractivity contribution < 1.29 is 4.79 Å². The summed E-state index contributed by atoms with van der Waals surface area (Å²) in [6, 6.07) is 3.94. The Labute approximate surface area is 150 Å². The number of pyridine rings is 2. The van der Waals surface area contributed by atoms with E-state index in [0.29, 0.717) is 5.56 Å². The lowest BCUT2D eigenvalue weighted by Crippen LogP contribution is -2.04. The van der Waals surface area contributed by atoms with Crippen LogP contribution in [-0.4, -0.2) is 35.1 Å². The largest absolute Gasteiger partial charge is 0.332 e. The molecule has 0 fully saturated rings. The first-order chi connectivity index (χ1) is 12.6. The second-order valence-corrected chi connectivity index (χ2v) is 6.17. The van der Waals surface area contributed by atoms with E-state index in [1.807, 2.05) is 30.7 Å². The van der Waals surface area contributed by atoms with Gasteiger partial charge in [-0.1, -0.05) is 0 Å². The van der Waals surface area contributed by atoms with Crippen LogP contribution in [-0.2, 0) is 20.0 Å². The molecule has 26 heavy (non-hydrogen) atoms. The first-order valence-electron chi connectivity index (χ1n) is 8.41. The summed E-state index contributed by atoms with van der Waals surface area (Å²) in [5.41, 5.74) is 3.12. The molecule has 4 aromatic heterocycles. The lowest BCUT2D eigenvalue weighted by Gasteiger charge is -2.05. The summed E-state index contributed by atoms with van der Waals surface area (Å²) in [5.74, 6) is 0.0115. The van der Waals surface area contributed by atoms with E-state index in [1.165, 1.54) is 0 Å². The molecule has 0 saturated carbocycles. The van der Waals surface area contributed by atoms with Gasteiger partial charge in [0.25, 0.3) is 0 Å². The molecule has 0 aliphatic rings. The maximum absolute atomic E-state index is 12.5. The minimum Gasteiger partial charge on any atom is -0.332 e. The van der Waals surface area contributed by atoms with E-state index in [-0.39, 0.29) is 12.2 Å². The van der Waals surface area contributed by atoms with Crippen LogP contribution in [0.15, 0.2) is 49.4 Å². The maximum Gasteiger partial charge on any atom is 0.171 e. The number of nitrogens with zero attached hydrogens (tertiary/aromatic N) is 6. The highest BCUT2D eigenvalue weighted by Gasteiger charge is 2.12. The van der Waals surface area contributed by atoms with Crippen LogP contribution in [0.3, 0.4) is 0 Å². The molecule has 0 aliphatic carbocycles. The van der Waals surface area contributed by atoms with E-state index in [4.69, 9.17) is 0 Å². The van der Waals surface area contributed by atoms with Gasteiger partial charge in [0.05, 0.1) is 42.1 Å². The third kappa shape index (κ3) is 2.99. The fourth-order valence-electron chi connectivity index (χ4n) is 2.87. The van der Waals surface area contributed by atoms with Gasteiger partial charge in [0.1, 0.15) is 0 Å². The molecule has 0 saturated heterocycles. The van der Waals surface area contributed by atoms with E-state index in [0.717, 1.165) is 34.4 Å². The van der Waals surface area contributed by atoms with Gasteiger partial charge in [-0.05, 0) is 24.4 Å². The number of fused-ring (bicyclic) bond motifs is 1. The van der Waals surface area contributed by atoms with Gasteiger partial charge >= 0.3 is 0 Å². The highest BCUT2D eigenvalue weighted by molar-refractivity contribution is 5.97. The van der Waals surface area contributed by atoms with Gasteiger partial charge < -0.3 is 4.57 Å². The second-order valence-electron chi connectivity index (χ2n) is 6.17. The molecule has 0 spiro atoms. The fourth-order valence-corrected chi connectivity index (χ4v) is 2.87. The monoisotopic (exact) mass is 346 g/mol. The van der Waals surface area contributed by atoms with Crippen molar-refractivity contribution >= 4 is 16.6 Å². The van der Waals surface area contributed by atoms with Gasteiger partial charge in [-0.15, -0.1) is 0 Å². The molecule has 7 nitrogen and oxygen atoms in total. The van der Waals surface area contributed by atoms with Crippen LogP contribution in [0.5, 0.6) is 0 Å². The predicted octanol–water partition coefficient (Wildman–Crippen LogP) is 2.67. The molecule has 0 atom stereocenters. The third-order valence-corrected chi connectivity index (χ3v) is 4.36. The van der Waals surface area contributed by atoms with Gasteiger partial charge in [0, 0.05) is 43.3 Å². The Morgan fingerprint density at radius 2 is 1.92 bits per heavy atom. The summed E-state index contributed by atoms with van der Waals surface area (Å²) in [7, 11) is 1.93. The summed E-state index contributed by atoms with van der Waals surface area (Å²) in [6.07, 6.45) is 10.7. The Bertz CT molecular complexity index is 1090. The van der Waals surface area contributed by atoms with Gasteiger partial charge in [-0.25, -0.2) is 4.98 Å². The Morgan fingerprint density at radius 1 is 1.08 bits per heavy atom. The normalized spacial score (nSPS) is 11.2. The van der Waals surface area contributed by atoms with Crippen molar-refractivity contribution in [3.8, 4) is 11.4 Å². The first kappa shape index (κ1) is 16.1. The molecule has 7 heteroatoms. The summed E-state index contributed by atoms with van der Waals surface area (Å²) < 4.78 is 3.66. The highest BCUT2D eigenvalue weighted by Crippen LogP contribution is 2.22. The lowest BCUT2D eigenvalue weighted by molar-refractivity contribution is 0.0992. The van der Waals surface area contributed by atoms with Crippen molar-refractivity contribution in [1.29, 1.82) is 0 Å². The first-order valence-corrected chi connectivity index (χ1v) is 8.41. The predicted molar refractivity (Wildman–Crippen MR) is 97.7 cm³/mol. The van der Waals surface area contributed by atoms with Crippen molar-refractivity contribution in [3.05, 3.63) is 60.7 Å². The summed E-state index contributed by atoms with van der Waals surface area (Å²) in [4.78, 5) is 25.5. The number of aromatic nitrogens is 6. The fraction of sp³-hybridized carbons (Fsp3) is 0.211. The minimum atomic E-state index is 0.0115. The number of aryl methyl sites for hydroxylation is 2. The van der Waals surface area contributed by atoms with Crippen LogP contribution in [0, 0.1) is 0 Å². The highest BCUT2D eigenvalue weighted by atomic mass is 16.1. The van der Waals surface area contributed by atoms with E-state index < -0.39 is 0 Å². The average molecular weight is 346 g/mol. The van der Waals surface area contributed by atoms with Crippen LogP contribution < -0.4 is 0 Å². The van der Waals surface area contributed by atoms with Crippen molar-refractivity contribution in [2.75, 3.05) is 0 Å². The number of ketones is 1. The van der Waals surface area contributed by atoms with E-state index in [9.17, 15) is 4.79 Å². The van der Waals surface area contributed by atoms with Crippen molar-refractivity contribution in [2.45, 2.75) is 19.9 Å². The number of hydrogen-bond acceptors (Lipinski definition) is 5. The Morgan fingerprint density at radius 3 is 2.65 bits per heavy atom. The molecule has 0 radical (unpaired) electrons. The Kier molecular flexibility index (Phi) is 4.04. The van der Waals surface area contributed by atoms with Crippen molar-refractivity contribution in [2.24, 2.45) is 7.05 Å². The number of rotatable bonds is 5. The standard InChI is InChI=1S/C19H18N6O/c1-3-25-11-15(9-23-25)19(26)6-16-4-13-5-17(18-10-20-12-24(18)2)22-8-14(13)7-21-16/h4-5,7-12H,3,6H2,1-2H3. The number of imidazole rings is 1. The molecule has 0 amide bonds. The molecule has 4 aromatic rings. The van der Waals surface area contributed by atoms with E-state index >= 15 is 0 Å². The van der Waals surface area contributed by atoms with Gasteiger partial charge in [-0.2, -0.15) is 5.10 Å². The van der Waals surface area contributed by atoms with Crippen LogP contribution in [0.2, 0.25) is 0 Å². The maximum atomic E-state index is 12.5. The SMILES string of the molecule is CCn1cc(C(=O)Cc2cc3cc(-c4cncn4C)ncc3cn2)cn1. The number of carbonyl (C=O) groups excluding carboxylic acids is 1. The van der Waals surface area contributed by atoms with E-state index in [1.54, 1.807) is 42.0 Å². The lowest BCUT2D eigenvalue weighted by atomic mass is 10.1. The summed E-state index contributed by atoms with van der Waals surface area (Å²) >= 11 is 0. The van der Waals surface area contributed by atoms with Crippen molar-refractivity contribution in [1.82, 2.24) is 29.3 Å². The Balaban J connectivity index is 1.64. The molecule has 0 N–H and O–H groups in total. The van der Waals surface area contributed by atoms with Gasteiger partial charge in [-0.3, -0.25) is 19.4 Å². The summed E-state index contributed by atoms with van der Waals surface area (Å²) in [6.45, 7) is 2.73. The quantitative estimate of drug-likeness (QED) is 0.519. The number of carbonyl (C=O) groups is 1. The number of hydrogen-bond donors (Lipinski definition) is 0. The molecular formula is C19H18N6O. The zero-order valence-corrected chi connectivity index (χ0v) is 14.6. The molecule has 130 valence electrons. The molecule has 0 unspecified atom stereocenters. The summed E-state index contributed by atoms with van der Waals surface area (Å²) in [5, 5.41) is 6.09. The van der Waals surface area contributed by atoms with E-state index in [2.05, 4.69) is 20.1 Å². The molecule has 4 heterocycles. The molecule has 0 aromatic carbocycles. The zero-order valence-electron chi connectivity index (χ0n) is 14.6. The Hall–Kier alpha value is -3.35. The topological polar surface area (TPSA) is 78.5 Å². The minimum absolute atomic E-state index is 0.0115. The third-order valence-electron chi connectivity index (χ3n) is 4.36. The molecular weight excluding hydrogens is 328 g/mol. The molecule has 0 bridgehead atoms. The van der Waals surface area contributed by atoms with Gasteiger partial charge in [0.15, 0.2) is 5.78 Å². The average Bonchev–Trinajstić information content (AvgIpc) is 3.30. The molecule has 4 rings (SSSR count). The van der Waals surface area contributed by atoms with Crippen molar-refractivity contribution in [3.63, 3.8) is 0 Å². The van der Waals surface area contributed by atoms with Crippen LogP contribution in [0.25, 0.3) is 22.2 Å². The zero-order chi connectivity index (χ0) is 18.1. The van der Waals surface area contributed by atoms with Gasteiger partial charge in [0.2, 0.25) is 0 Å². The van der Waals surface area contributed by atoms with Crippen LogP contribution >= 0.6 is 0 Å². The number of Topliss-reactive ketones (excluding diaryl/α,β-unsaturated/α-hetero) is 1. The smallest absolute Gasteiger partial charge is 0.171 e. The second kappa shape index (κ2) is 6.51. The molecule has 0 aliphatic heterocycles. The van der Waals surface area contributed by atoms with Crippen LogP contribution in [0.4, 0.5) is 0 Å².